The van der Waals surface area contributed by atoms with Gasteiger partial charge in [0.2, 0.25) is 5.91 Å². The number of amides is 1. The number of anilines is 1. The van der Waals surface area contributed by atoms with Gasteiger partial charge in [-0.05, 0) is 31.0 Å². The Morgan fingerprint density at radius 1 is 1.33 bits per heavy atom. The Morgan fingerprint density at radius 3 is 2.67 bits per heavy atom. The van der Waals surface area contributed by atoms with E-state index in [4.69, 9.17) is 5.73 Å². The number of aryl methyl sites for hydroxylation is 1. The molecule has 0 saturated carbocycles. The number of nitrogens with two attached hydrogens (primary N) is 1. The summed E-state index contributed by atoms with van der Waals surface area (Å²) in [7, 11) is 0. The predicted octanol–water partition coefficient (Wildman–Crippen LogP) is 1.93. The highest BCUT2D eigenvalue weighted by atomic mass is 16.1. The van der Waals surface area contributed by atoms with Gasteiger partial charge in [-0.25, -0.2) is 0 Å². The third-order valence-electron chi connectivity index (χ3n) is 2.20. The molecular formula is C12H18N2O. The quantitative estimate of drug-likeness (QED) is 0.737. The molecule has 0 aromatic heterocycles. The Kier molecular flexibility index (Phi) is 4.84. The van der Waals surface area contributed by atoms with E-state index in [0.29, 0.717) is 6.42 Å². The zero-order valence-electron chi connectivity index (χ0n) is 9.12. The number of para-hydroxylation sites is 1. The SMILES string of the molecule is CCCN.O=C1CCc2ccccc2N1. The van der Waals surface area contributed by atoms with Crippen molar-refractivity contribution in [3.8, 4) is 0 Å². The largest absolute Gasteiger partial charge is 0.330 e. The second-order valence-corrected chi connectivity index (χ2v) is 3.49. The van der Waals surface area contributed by atoms with Gasteiger partial charge in [-0.1, -0.05) is 25.1 Å². The first-order valence-corrected chi connectivity index (χ1v) is 5.35. The number of hydrogen-bond acceptors (Lipinski definition) is 2. The summed E-state index contributed by atoms with van der Waals surface area (Å²) in [6.45, 7) is 2.88. The maximum absolute atomic E-state index is 10.9. The Balaban J connectivity index is 0.000000245. The molecule has 0 radical (unpaired) electrons. The zero-order valence-corrected chi connectivity index (χ0v) is 9.12. The van der Waals surface area contributed by atoms with Crippen molar-refractivity contribution in [3.05, 3.63) is 29.8 Å². The summed E-state index contributed by atoms with van der Waals surface area (Å²) in [6, 6.07) is 7.92. The van der Waals surface area contributed by atoms with E-state index in [9.17, 15) is 4.79 Å². The highest BCUT2D eigenvalue weighted by Gasteiger charge is 2.12. The van der Waals surface area contributed by atoms with Crippen molar-refractivity contribution in [3.63, 3.8) is 0 Å². The van der Waals surface area contributed by atoms with Crippen molar-refractivity contribution in [2.45, 2.75) is 26.2 Å². The van der Waals surface area contributed by atoms with Crippen LogP contribution in [0.5, 0.6) is 0 Å². The van der Waals surface area contributed by atoms with Crippen LogP contribution in [0.25, 0.3) is 0 Å². The van der Waals surface area contributed by atoms with E-state index in [2.05, 4.69) is 18.3 Å². The number of hydrogen-bond donors (Lipinski definition) is 2. The van der Waals surface area contributed by atoms with Gasteiger partial charge in [0.05, 0.1) is 0 Å². The zero-order chi connectivity index (χ0) is 11.1. The van der Waals surface area contributed by atoms with Gasteiger partial charge in [0.25, 0.3) is 0 Å². The van der Waals surface area contributed by atoms with Crippen LogP contribution in [0, 0.1) is 0 Å². The van der Waals surface area contributed by atoms with Gasteiger partial charge >= 0.3 is 0 Å². The van der Waals surface area contributed by atoms with E-state index < -0.39 is 0 Å². The summed E-state index contributed by atoms with van der Waals surface area (Å²) in [5, 5.41) is 2.82. The van der Waals surface area contributed by atoms with Crippen LogP contribution in [-0.2, 0) is 11.2 Å². The third kappa shape index (κ3) is 3.72. The van der Waals surface area contributed by atoms with E-state index in [1.165, 1.54) is 5.56 Å². The summed E-state index contributed by atoms with van der Waals surface area (Å²) < 4.78 is 0. The van der Waals surface area contributed by atoms with Crippen LogP contribution >= 0.6 is 0 Å². The van der Waals surface area contributed by atoms with Crippen LogP contribution in [0.3, 0.4) is 0 Å². The smallest absolute Gasteiger partial charge is 0.224 e. The predicted molar refractivity (Wildman–Crippen MR) is 62.7 cm³/mol. The van der Waals surface area contributed by atoms with Crippen LogP contribution in [0.15, 0.2) is 24.3 Å². The maximum Gasteiger partial charge on any atom is 0.224 e. The molecular weight excluding hydrogens is 188 g/mol. The second kappa shape index (κ2) is 6.19. The molecule has 1 aromatic carbocycles. The van der Waals surface area contributed by atoms with Gasteiger partial charge in [0, 0.05) is 12.1 Å². The van der Waals surface area contributed by atoms with E-state index in [1.807, 2.05) is 18.2 Å². The monoisotopic (exact) mass is 206 g/mol. The molecule has 82 valence electrons. The van der Waals surface area contributed by atoms with Crippen LogP contribution < -0.4 is 11.1 Å². The van der Waals surface area contributed by atoms with Crippen molar-refractivity contribution in [1.29, 1.82) is 0 Å². The summed E-state index contributed by atoms with van der Waals surface area (Å²) >= 11 is 0. The molecule has 0 fully saturated rings. The number of rotatable bonds is 1. The van der Waals surface area contributed by atoms with Crippen LogP contribution in [0.2, 0.25) is 0 Å². The van der Waals surface area contributed by atoms with E-state index in [1.54, 1.807) is 0 Å². The molecule has 0 atom stereocenters. The van der Waals surface area contributed by atoms with Crippen LogP contribution in [0.4, 0.5) is 5.69 Å². The third-order valence-corrected chi connectivity index (χ3v) is 2.20. The molecule has 0 bridgehead atoms. The number of carbonyl (C=O) groups excluding carboxylic acids is 1. The fraction of sp³-hybridized carbons (Fsp3) is 0.417. The van der Waals surface area contributed by atoms with Gasteiger partial charge in [0.1, 0.15) is 0 Å². The fourth-order valence-corrected chi connectivity index (χ4v) is 1.32. The summed E-state index contributed by atoms with van der Waals surface area (Å²) in [4.78, 5) is 10.9. The number of fused-ring (bicyclic) bond motifs is 1. The molecule has 1 amide bonds. The molecule has 3 nitrogen and oxygen atoms in total. The molecule has 3 N–H and O–H groups in total. The topological polar surface area (TPSA) is 55.1 Å². The van der Waals surface area contributed by atoms with E-state index >= 15 is 0 Å². The van der Waals surface area contributed by atoms with Crippen molar-refractivity contribution < 1.29 is 4.79 Å². The lowest BCUT2D eigenvalue weighted by Gasteiger charge is -2.15. The number of benzene rings is 1. The minimum absolute atomic E-state index is 0.128. The van der Waals surface area contributed by atoms with Crippen molar-refractivity contribution >= 4 is 11.6 Å². The molecule has 0 saturated heterocycles. The lowest BCUT2D eigenvalue weighted by Crippen LogP contribution is -2.18. The maximum atomic E-state index is 10.9. The molecule has 0 aliphatic carbocycles. The summed E-state index contributed by atoms with van der Waals surface area (Å²) in [5.41, 5.74) is 7.25. The Hall–Kier alpha value is -1.35. The van der Waals surface area contributed by atoms with E-state index in [0.717, 1.165) is 25.1 Å². The van der Waals surface area contributed by atoms with Gasteiger partial charge < -0.3 is 11.1 Å². The summed E-state index contributed by atoms with van der Waals surface area (Å²) in [5.74, 6) is 0.128. The fourth-order valence-electron chi connectivity index (χ4n) is 1.32. The minimum Gasteiger partial charge on any atom is -0.330 e. The van der Waals surface area contributed by atoms with Gasteiger partial charge in [-0.15, -0.1) is 0 Å². The van der Waals surface area contributed by atoms with Crippen LogP contribution in [-0.4, -0.2) is 12.5 Å². The standard InChI is InChI=1S/C9H9NO.C3H9N/c11-9-6-5-7-3-1-2-4-8(7)10-9;1-2-3-4/h1-4H,5-6H2,(H,10,11);2-4H2,1H3. The molecule has 0 unspecified atom stereocenters. The van der Waals surface area contributed by atoms with Crippen molar-refractivity contribution in [1.82, 2.24) is 0 Å². The molecule has 1 aliphatic heterocycles. The average molecular weight is 206 g/mol. The summed E-state index contributed by atoms with van der Waals surface area (Å²) in [6.07, 6.45) is 2.60. The second-order valence-electron chi connectivity index (χ2n) is 3.49. The first kappa shape index (κ1) is 11.7. The normalized spacial score (nSPS) is 13.3. The lowest BCUT2D eigenvalue weighted by molar-refractivity contribution is -0.116. The minimum atomic E-state index is 0.128. The molecule has 15 heavy (non-hydrogen) atoms. The van der Waals surface area contributed by atoms with Gasteiger partial charge in [-0.2, -0.15) is 0 Å². The van der Waals surface area contributed by atoms with Crippen molar-refractivity contribution in [2.75, 3.05) is 11.9 Å². The average Bonchev–Trinajstić information content (AvgIpc) is 2.29. The highest BCUT2D eigenvalue weighted by molar-refractivity contribution is 5.93. The van der Waals surface area contributed by atoms with Gasteiger partial charge in [0.15, 0.2) is 0 Å². The highest BCUT2D eigenvalue weighted by Crippen LogP contribution is 2.20. The number of nitrogens with one attached hydrogen (secondary N) is 1. The Morgan fingerprint density at radius 2 is 2.00 bits per heavy atom. The molecule has 1 heterocycles. The first-order chi connectivity index (χ1) is 7.27. The van der Waals surface area contributed by atoms with Gasteiger partial charge in [-0.3, -0.25) is 4.79 Å². The first-order valence-electron chi connectivity index (χ1n) is 5.35. The molecule has 3 heteroatoms. The Bertz CT molecular complexity index is 321. The Labute approximate surface area is 90.7 Å². The molecule has 0 spiro atoms. The molecule has 1 aliphatic rings. The van der Waals surface area contributed by atoms with E-state index in [-0.39, 0.29) is 5.91 Å². The molecule has 1 aromatic rings. The molecule has 2 rings (SSSR count). The number of carbonyl (C=O) groups is 1. The van der Waals surface area contributed by atoms with Crippen LogP contribution in [0.1, 0.15) is 25.3 Å². The van der Waals surface area contributed by atoms with Crippen molar-refractivity contribution in [2.24, 2.45) is 5.73 Å². The lowest BCUT2D eigenvalue weighted by atomic mass is 10.0.